The molecule has 1 saturated heterocycles. The molecule has 1 saturated carbocycles. The standard InChI is InChI=1S/C18H26N2O4S/c1-19(2)25(23,24)15-8-5-6-13(10-15)12-20-16-9-4-3-7-14(16)11-17(20)18(21)22/h5-6,8,10,14,16-17H,3-4,7,9,11-12H2,1-2H3,(H,21,22). The second kappa shape index (κ2) is 7.05. The topological polar surface area (TPSA) is 77.9 Å². The SMILES string of the molecule is CN(C)S(=O)(=O)c1cccc(CN2C(C(=O)O)CC3CCCCC32)c1. The highest BCUT2D eigenvalue weighted by Gasteiger charge is 2.45. The van der Waals surface area contributed by atoms with Gasteiger partial charge in [0.1, 0.15) is 6.04 Å². The first-order valence-electron chi connectivity index (χ1n) is 8.80. The van der Waals surface area contributed by atoms with Gasteiger partial charge in [0.2, 0.25) is 10.0 Å². The van der Waals surface area contributed by atoms with E-state index in [2.05, 4.69) is 4.90 Å². The Labute approximate surface area is 149 Å². The largest absolute Gasteiger partial charge is 0.480 e. The van der Waals surface area contributed by atoms with Gasteiger partial charge in [0, 0.05) is 26.7 Å². The van der Waals surface area contributed by atoms with Crippen LogP contribution in [0.15, 0.2) is 29.2 Å². The first-order chi connectivity index (χ1) is 11.8. The summed E-state index contributed by atoms with van der Waals surface area (Å²) in [6.45, 7) is 0.481. The molecule has 138 valence electrons. The third-order valence-electron chi connectivity index (χ3n) is 5.55. The summed E-state index contributed by atoms with van der Waals surface area (Å²) in [5.74, 6) is -0.324. The number of rotatable bonds is 5. The molecular formula is C18H26N2O4S. The van der Waals surface area contributed by atoms with Gasteiger partial charge in [0.25, 0.3) is 0 Å². The Morgan fingerprint density at radius 3 is 2.68 bits per heavy atom. The number of hydrogen-bond donors (Lipinski definition) is 1. The van der Waals surface area contributed by atoms with Crippen LogP contribution in [0, 0.1) is 5.92 Å². The summed E-state index contributed by atoms with van der Waals surface area (Å²) in [7, 11) is -0.469. The van der Waals surface area contributed by atoms with Crippen molar-refractivity contribution in [3.63, 3.8) is 0 Å². The number of carbonyl (C=O) groups is 1. The van der Waals surface area contributed by atoms with E-state index in [1.54, 1.807) is 18.2 Å². The lowest BCUT2D eigenvalue weighted by atomic mass is 9.84. The molecule has 3 atom stereocenters. The molecule has 25 heavy (non-hydrogen) atoms. The van der Waals surface area contributed by atoms with Crippen LogP contribution in [0.5, 0.6) is 0 Å². The molecule has 2 fully saturated rings. The average Bonchev–Trinajstić information content (AvgIpc) is 2.94. The van der Waals surface area contributed by atoms with E-state index in [9.17, 15) is 18.3 Å². The number of benzene rings is 1. The fraction of sp³-hybridized carbons (Fsp3) is 0.611. The number of fused-ring (bicyclic) bond motifs is 1. The van der Waals surface area contributed by atoms with Gasteiger partial charge >= 0.3 is 5.97 Å². The highest BCUT2D eigenvalue weighted by atomic mass is 32.2. The van der Waals surface area contributed by atoms with Crippen LogP contribution >= 0.6 is 0 Å². The summed E-state index contributed by atoms with van der Waals surface area (Å²) in [5.41, 5.74) is 0.848. The fourth-order valence-electron chi connectivity index (χ4n) is 4.25. The van der Waals surface area contributed by atoms with Gasteiger partial charge in [-0.1, -0.05) is 25.0 Å². The predicted octanol–water partition coefficient (Wildman–Crippen LogP) is 2.15. The van der Waals surface area contributed by atoms with Crippen LogP contribution in [-0.2, 0) is 21.4 Å². The smallest absolute Gasteiger partial charge is 0.320 e. The molecule has 0 amide bonds. The molecule has 1 aromatic carbocycles. The third kappa shape index (κ3) is 3.59. The summed E-state index contributed by atoms with van der Waals surface area (Å²) in [4.78, 5) is 14.0. The van der Waals surface area contributed by atoms with E-state index in [0.717, 1.165) is 24.8 Å². The average molecular weight is 366 g/mol. The van der Waals surface area contributed by atoms with Gasteiger partial charge in [0.15, 0.2) is 0 Å². The number of likely N-dealkylation sites (tertiary alicyclic amines) is 1. The monoisotopic (exact) mass is 366 g/mol. The number of sulfonamides is 1. The van der Waals surface area contributed by atoms with E-state index in [1.165, 1.54) is 24.8 Å². The van der Waals surface area contributed by atoms with Gasteiger partial charge in [0.05, 0.1) is 4.90 Å². The third-order valence-corrected chi connectivity index (χ3v) is 7.36. The van der Waals surface area contributed by atoms with E-state index in [4.69, 9.17) is 0 Å². The van der Waals surface area contributed by atoms with Crippen molar-refractivity contribution in [2.45, 2.75) is 55.6 Å². The van der Waals surface area contributed by atoms with Crippen molar-refractivity contribution in [3.8, 4) is 0 Å². The zero-order valence-corrected chi connectivity index (χ0v) is 15.6. The lowest BCUT2D eigenvalue weighted by Crippen LogP contribution is -2.41. The number of carboxylic acid groups (broad SMARTS) is 1. The lowest BCUT2D eigenvalue weighted by Gasteiger charge is -2.33. The first-order valence-corrected chi connectivity index (χ1v) is 10.2. The molecule has 0 radical (unpaired) electrons. The Hall–Kier alpha value is -1.44. The normalized spacial score (nSPS) is 27.4. The number of nitrogens with zero attached hydrogens (tertiary/aromatic N) is 2. The van der Waals surface area contributed by atoms with Crippen LogP contribution in [0.2, 0.25) is 0 Å². The van der Waals surface area contributed by atoms with Crippen molar-refractivity contribution in [1.29, 1.82) is 0 Å². The Balaban J connectivity index is 1.86. The Morgan fingerprint density at radius 2 is 2.00 bits per heavy atom. The van der Waals surface area contributed by atoms with E-state index in [0.29, 0.717) is 24.9 Å². The molecule has 1 heterocycles. The van der Waals surface area contributed by atoms with Gasteiger partial charge < -0.3 is 5.11 Å². The van der Waals surface area contributed by atoms with Crippen LogP contribution in [0.25, 0.3) is 0 Å². The maximum atomic E-state index is 12.3. The molecule has 0 spiro atoms. The van der Waals surface area contributed by atoms with Crippen molar-refractivity contribution in [3.05, 3.63) is 29.8 Å². The molecule has 1 aliphatic heterocycles. The highest BCUT2D eigenvalue weighted by Crippen LogP contribution is 2.40. The molecule has 2 aliphatic rings. The molecule has 1 aromatic rings. The van der Waals surface area contributed by atoms with Gasteiger partial charge in [-0.25, -0.2) is 12.7 Å². The number of hydrogen-bond acceptors (Lipinski definition) is 4. The molecule has 3 rings (SSSR count). The summed E-state index contributed by atoms with van der Waals surface area (Å²) < 4.78 is 25.9. The van der Waals surface area contributed by atoms with Crippen molar-refractivity contribution < 1.29 is 18.3 Å². The zero-order valence-electron chi connectivity index (χ0n) is 14.8. The fourth-order valence-corrected chi connectivity index (χ4v) is 5.22. The van der Waals surface area contributed by atoms with Gasteiger partial charge in [-0.15, -0.1) is 0 Å². The van der Waals surface area contributed by atoms with E-state index in [-0.39, 0.29) is 4.90 Å². The molecule has 3 unspecified atom stereocenters. The summed E-state index contributed by atoms with van der Waals surface area (Å²) in [5, 5.41) is 9.62. The van der Waals surface area contributed by atoms with Crippen LogP contribution < -0.4 is 0 Å². The van der Waals surface area contributed by atoms with Gasteiger partial charge in [-0.3, -0.25) is 9.69 Å². The lowest BCUT2D eigenvalue weighted by molar-refractivity contribution is -0.142. The Morgan fingerprint density at radius 1 is 1.28 bits per heavy atom. The minimum absolute atomic E-state index is 0.251. The second-order valence-corrected chi connectivity index (χ2v) is 9.46. The Kier molecular flexibility index (Phi) is 5.18. The van der Waals surface area contributed by atoms with Crippen molar-refractivity contribution in [2.24, 2.45) is 5.92 Å². The maximum Gasteiger partial charge on any atom is 0.320 e. The zero-order chi connectivity index (χ0) is 18.2. The molecule has 1 N–H and O–H groups in total. The van der Waals surface area contributed by atoms with Crippen molar-refractivity contribution in [1.82, 2.24) is 9.21 Å². The molecule has 1 aliphatic carbocycles. The second-order valence-electron chi connectivity index (χ2n) is 7.31. The maximum absolute atomic E-state index is 12.3. The predicted molar refractivity (Wildman–Crippen MR) is 94.6 cm³/mol. The summed E-state index contributed by atoms with van der Waals surface area (Å²) in [6.07, 6.45) is 5.15. The van der Waals surface area contributed by atoms with Crippen molar-refractivity contribution in [2.75, 3.05) is 14.1 Å². The van der Waals surface area contributed by atoms with Gasteiger partial charge in [-0.05, 0) is 42.9 Å². The molecular weight excluding hydrogens is 340 g/mol. The van der Waals surface area contributed by atoms with Crippen LogP contribution in [0.3, 0.4) is 0 Å². The number of aliphatic carboxylic acids is 1. The molecule has 7 heteroatoms. The van der Waals surface area contributed by atoms with Crippen molar-refractivity contribution >= 4 is 16.0 Å². The van der Waals surface area contributed by atoms with Crippen LogP contribution in [0.1, 0.15) is 37.7 Å². The Bertz CT molecular complexity index is 747. The van der Waals surface area contributed by atoms with E-state index < -0.39 is 22.0 Å². The number of carboxylic acids is 1. The highest BCUT2D eigenvalue weighted by molar-refractivity contribution is 7.89. The quantitative estimate of drug-likeness (QED) is 0.864. The summed E-state index contributed by atoms with van der Waals surface area (Å²) in [6, 6.07) is 6.69. The molecule has 0 aromatic heterocycles. The molecule has 6 nitrogen and oxygen atoms in total. The van der Waals surface area contributed by atoms with E-state index in [1.807, 2.05) is 6.07 Å². The van der Waals surface area contributed by atoms with Gasteiger partial charge in [-0.2, -0.15) is 0 Å². The minimum Gasteiger partial charge on any atom is -0.480 e. The van der Waals surface area contributed by atoms with Crippen LogP contribution in [0.4, 0.5) is 0 Å². The molecule has 0 bridgehead atoms. The van der Waals surface area contributed by atoms with Crippen LogP contribution in [-0.4, -0.2) is 54.9 Å². The van der Waals surface area contributed by atoms with E-state index >= 15 is 0 Å². The first kappa shape index (κ1) is 18.4. The summed E-state index contributed by atoms with van der Waals surface area (Å²) >= 11 is 0. The minimum atomic E-state index is -3.49.